The van der Waals surface area contributed by atoms with Crippen LogP contribution >= 0.6 is 11.6 Å². The molecule has 0 saturated heterocycles. The van der Waals surface area contributed by atoms with E-state index >= 15 is 0 Å². The number of rotatable bonds is 9. The fourth-order valence-corrected chi connectivity index (χ4v) is 4.09. The third-order valence-corrected chi connectivity index (χ3v) is 5.68. The lowest BCUT2D eigenvalue weighted by atomic mass is 10.1. The van der Waals surface area contributed by atoms with Gasteiger partial charge in [0.05, 0.1) is 29.8 Å². The number of nitrogens with zero attached hydrogens (tertiary/aromatic N) is 1. The molecule has 0 aliphatic heterocycles. The molecule has 162 valence electrons. The Morgan fingerprint density at radius 2 is 1.77 bits per heavy atom. The first-order chi connectivity index (χ1) is 14.1. The molecule has 2 N–H and O–H groups in total. The molecule has 8 nitrogen and oxygen atoms in total. The van der Waals surface area contributed by atoms with Gasteiger partial charge in [0.15, 0.2) is 0 Å². The van der Waals surface area contributed by atoms with Gasteiger partial charge in [-0.2, -0.15) is 0 Å². The predicted molar refractivity (Wildman–Crippen MR) is 118 cm³/mol. The van der Waals surface area contributed by atoms with Crippen LogP contribution < -0.4 is 14.9 Å². The number of amides is 2. The van der Waals surface area contributed by atoms with Crippen LogP contribution in [0.3, 0.4) is 0 Å². The SMILES string of the molecule is COCCNC(=O)c1ccccc1NC(=O)[C@H](C)N(c1ccc(Cl)cc1)S(C)(=O)=O. The Kier molecular flexibility index (Phi) is 8.22. The van der Waals surface area contributed by atoms with E-state index in [4.69, 9.17) is 16.3 Å². The summed E-state index contributed by atoms with van der Waals surface area (Å²) in [6, 6.07) is 11.5. The van der Waals surface area contributed by atoms with Crippen molar-refractivity contribution in [2.75, 3.05) is 36.1 Å². The average Bonchev–Trinajstić information content (AvgIpc) is 2.69. The summed E-state index contributed by atoms with van der Waals surface area (Å²) < 4.78 is 30.7. The first-order valence-electron chi connectivity index (χ1n) is 9.07. The zero-order valence-electron chi connectivity index (χ0n) is 16.9. The molecule has 2 aromatic rings. The van der Waals surface area contributed by atoms with Crippen molar-refractivity contribution in [1.29, 1.82) is 0 Å². The minimum absolute atomic E-state index is 0.256. The van der Waals surface area contributed by atoms with E-state index in [2.05, 4.69) is 10.6 Å². The zero-order chi connectivity index (χ0) is 22.3. The van der Waals surface area contributed by atoms with E-state index in [9.17, 15) is 18.0 Å². The van der Waals surface area contributed by atoms with Gasteiger partial charge < -0.3 is 15.4 Å². The van der Waals surface area contributed by atoms with Gasteiger partial charge in [-0.3, -0.25) is 13.9 Å². The standard InChI is InChI=1S/C20H24ClN3O5S/c1-14(24(30(3,27)28)16-10-8-15(21)9-11-16)19(25)23-18-7-5-4-6-17(18)20(26)22-12-13-29-2/h4-11,14H,12-13H2,1-3H3,(H,22,26)(H,23,25)/t14-/m0/s1. The fourth-order valence-electron chi connectivity index (χ4n) is 2.79. The quantitative estimate of drug-likeness (QED) is 0.567. The molecule has 0 radical (unpaired) electrons. The summed E-state index contributed by atoms with van der Waals surface area (Å²) in [5.41, 5.74) is 0.829. The zero-order valence-corrected chi connectivity index (χ0v) is 18.5. The number of hydrogen-bond acceptors (Lipinski definition) is 5. The number of carbonyl (C=O) groups excluding carboxylic acids is 2. The minimum atomic E-state index is -3.77. The Bertz CT molecular complexity index is 996. The maximum absolute atomic E-state index is 12.9. The topological polar surface area (TPSA) is 105 Å². The van der Waals surface area contributed by atoms with Crippen LogP contribution in [0.5, 0.6) is 0 Å². The van der Waals surface area contributed by atoms with Gasteiger partial charge in [0.1, 0.15) is 6.04 Å². The van der Waals surface area contributed by atoms with E-state index in [0.29, 0.717) is 23.9 Å². The van der Waals surface area contributed by atoms with Crippen molar-refractivity contribution in [3.8, 4) is 0 Å². The first kappa shape index (κ1) is 23.7. The molecular formula is C20H24ClN3O5S. The second-order valence-electron chi connectivity index (χ2n) is 6.49. The minimum Gasteiger partial charge on any atom is -0.383 e. The van der Waals surface area contributed by atoms with Gasteiger partial charge in [-0.15, -0.1) is 0 Å². The lowest BCUT2D eigenvalue weighted by Gasteiger charge is -2.28. The number of anilines is 2. The summed E-state index contributed by atoms with van der Waals surface area (Å²) in [6.07, 6.45) is 1.02. The summed E-state index contributed by atoms with van der Waals surface area (Å²) in [5, 5.41) is 5.78. The van der Waals surface area contributed by atoms with Gasteiger partial charge in [-0.1, -0.05) is 23.7 Å². The molecule has 10 heteroatoms. The van der Waals surface area contributed by atoms with E-state index in [1.165, 1.54) is 26.2 Å². The molecule has 0 heterocycles. The molecule has 0 spiro atoms. The van der Waals surface area contributed by atoms with Gasteiger partial charge in [0.25, 0.3) is 5.91 Å². The summed E-state index contributed by atoms with van der Waals surface area (Å²) in [6.45, 7) is 2.13. The van der Waals surface area contributed by atoms with Crippen LogP contribution in [-0.4, -0.2) is 52.8 Å². The normalized spacial score (nSPS) is 12.1. The molecule has 2 amide bonds. The maximum Gasteiger partial charge on any atom is 0.253 e. The number of carbonyl (C=O) groups is 2. The highest BCUT2D eigenvalue weighted by Gasteiger charge is 2.29. The van der Waals surface area contributed by atoms with Crippen LogP contribution in [0, 0.1) is 0 Å². The Morgan fingerprint density at radius 1 is 1.13 bits per heavy atom. The molecule has 0 fully saturated rings. The number of nitrogens with one attached hydrogen (secondary N) is 2. The Morgan fingerprint density at radius 3 is 2.37 bits per heavy atom. The average molecular weight is 454 g/mol. The lowest BCUT2D eigenvalue weighted by Crippen LogP contribution is -2.45. The molecule has 0 saturated carbocycles. The van der Waals surface area contributed by atoms with Crippen molar-refractivity contribution in [2.45, 2.75) is 13.0 Å². The van der Waals surface area contributed by atoms with E-state index in [1.807, 2.05) is 0 Å². The van der Waals surface area contributed by atoms with E-state index in [1.54, 1.807) is 36.4 Å². The number of hydrogen-bond donors (Lipinski definition) is 2. The molecule has 0 unspecified atom stereocenters. The van der Waals surface area contributed by atoms with Gasteiger partial charge >= 0.3 is 0 Å². The Balaban J connectivity index is 2.25. The van der Waals surface area contributed by atoms with Gasteiger partial charge in [-0.05, 0) is 43.3 Å². The van der Waals surface area contributed by atoms with Crippen LogP contribution in [0.25, 0.3) is 0 Å². The molecule has 2 aromatic carbocycles. The van der Waals surface area contributed by atoms with Crippen LogP contribution in [0.2, 0.25) is 5.02 Å². The molecule has 0 aliphatic rings. The van der Waals surface area contributed by atoms with Crippen LogP contribution in [0.15, 0.2) is 48.5 Å². The highest BCUT2D eigenvalue weighted by Crippen LogP contribution is 2.24. The number of para-hydroxylation sites is 1. The summed E-state index contributed by atoms with van der Waals surface area (Å²) in [7, 11) is -2.25. The predicted octanol–water partition coefficient (Wildman–Crippen LogP) is 2.51. The van der Waals surface area contributed by atoms with Gasteiger partial charge in [-0.25, -0.2) is 8.42 Å². The Labute approximate surface area is 181 Å². The molecule has 30 heavy (non-hydrogen) atoms. The van der Waals surface area contributed by atoms with Crippen LogP contribution in [0.1, 0.15) is 17.3 Å². The van der Waals surface area contributed by atoms with Gasteiger partial charge in [0, 0.05) is 18.7 Å². The molecule has 0 aromatic heterocycles. The largest absolute Gasteiger partial charge is 0.383 e. The molecule has 1 atom stereocenters. The molecular weight excluding hydrogens is 430 g/mol. The second-order valence-corrected chi connectivity index (χ2v) is 8.79. The van der Waals surface area contributed by atoms with Crippen LogP contribution in [0.4, 0.5) is 11.4 Å². The molecule has 2 rings (SSSR count). The van der Waals surface area contributed by atoms with E-state index in [-0.39, 0.29) is 17.2 Å². The summed E-state index contributed by atoms with van der Waals surface area (Å²) >= 11 is 5.88. The summed E-state index contributed by atoms with van der Waals surface area (Å²) in [5.74, 6) is -0.971. The third kappa shape index (κ3) is 6.19. The van der Waals surface area contributed by atoms with Crippen molar-refractivity contribution < 1.29 is 22.7 Å². The van der Waals surface area contributed by atoms with Crippen molar-refractivity contribution in [3.05, 3.63) is 59.1 Å². The maximum atomic E-state index is 12.9. The lowest BCUT2D eigenvalue weighted by molar-refractivity contribution is -0.116. The number of benzene rings is 2. The molecule has 0 bridgehead atoms. The number of halogens is 1. The Hall–Kier alpha value is -2.62. The van der Waals surface area contributed by atoms with Crippen molar-refractivity contribution in [2.24, 2.45) is 0 Å². The highest BCUT2D eigenvalue weighted by molar-refractivity contribution is 7.92. The smallest absolute Gasteiger partial charge is 0.253 e. The first-order valence-corrected chi connectivity index (χ1v) is 11.3. The van der Waals surface area contributed by atoms with Crippen molar-refractivity contribution in [3.63, 3.8) is 0 Å². The molecule has 0 aliphatic carbocycles. The third-order valence-electron chi connectivity index (χ3n) is 4.19. The van der Waals surface area contributed by atoms with Crippen molar-refractivity contribution in [1.82, 2.24) is 5.32 Å². The number of ether oxygens (including phenoxy) is 1. The number of methoxy groups -OCH3 is 1. The van der Waals surface area contributed by atoms with Crippen LogP contribution in [-0.2, 0) is 19.6 Å². The second kappa shape index (κ2) is 10.4. The number of sulfonamides is 1. The van der Waals surface area contributed by atoms with E-state index < -0.39 is 22.0 Å². The van der Waals surface area contributed by atoms with E-state index in [0.717, 1.165) is 10.6 Å². The monoisotopic (exact) mass is 453 g/mol. The fraction of sp³-hybridized carbons (Fsp3) is 0.300. The highest BCUT2D eigenvalue weighted by atomic mass is 35.5. The van der Waals surface area contributed by atoms with Gasteiger partial charge in [0.2, 0.25) is 15.9 Å². The summed E-state index contributed by atoms with van der Waals surface area (Å²) in [4.78, 5) is 25.3. The van der Waals surface area contributed by atoms with Crippen molar-refractivity contribution >= 4 is 44.8 Å².